The molecule has 2 aromatic carbocycles. The second-order valence-corrected chi connectivity index (χ2v) is 10.4. The quantitative estimate of drug-likeness (QED) is 0.558. The number of hydrazone groups is 1. The minimum atomic E-state index is -0.315. The zero-order valence-corrected chi connectivity index (χ0v) is 21.2. The van der Waals surface area contributed by atoms with E-state index in [0.29, 0.717) is 17.8 Å². The minimum Gasteiger partial charge on any atom is -0.325 e. The van der Waals surface area contributed by atoms with E-state index < -0.39 is 0 Å². The highest BCUT2D eigenvalue weighted by atomic mass is 32.2. The summed E-state index contributed by atoms with van der Waals surface area (Å²) in [6.07, 6.45) is 4.47. The molecular formula is C27H31N5O3S. The number of anilines is 1. The maximum Gasteiger partial charge on any atom is 0.234 e. The topological polar surface area (TPSA) is 94.1 Å². The molecule has 1 aliphatic carbocycles. The van der Waals surface area contributed by atoms with Crippen LogP contribution in [0.1, 0.15) is 48.5 Å². The number of hydrogen-bond donors (Lipinski definition) is 2. The fourth-order valence-electron chi connectivity index (χ4n) is 5.30. The number of benzene rings is 2. The number of carbonyl (C=O) groups is 3. The number of amides is 2. The summed E-state index contributed by atoms with van der Waals surface area (Å²) in [7, 11) is 0. The van der Waals surface area contributed by atoms with Gasteiger partial charge in [0.1, 0.15) is 0 Å². The number of nitrogens with one attached hydrogen (secondary N) is 2. The third-order valence-corrected chi connectivity index (χ3v) is 8.10. The van der Waals surface area contributed by atoms with Crippen LogP contribution in [0.3, 0.4) is 0 Å². The summed E-state index contributed by atoms with van der Waals surface area (Å²) in [5.41, 5.74) is 5.64. The Morgan fingerprint density at radius 1 is 1.08 bits per heavy atom. The lowest BCUT2D eigenvalue weighted by Crippen LogP contribution is -2.67. The van der Waals surface area contributed by atoms with Crippen LogP contribution >= 0.6 is 11.8 Å². The molecule has 3 unspecified atom stereocenters. The maximum absolute atomic E-state index is 13.5. The van der Waals surface area contributed by atoms with Crippen molar-refractivity contribution in [2.24, 2.45) is 11.0 Å². The Bertz CT molecular complexity index is 1150. The zero-order chi connectivity index (χ0) is 25.1. The average Bonchev–Trinajstić information content (AvgIpc) is 3.32. The van der Waals surface area contributed by atoms with Crippen LogP contribution in [-0.2, 0) is 16.0 Å². The second-order valence-electron chi connectivity index (χ2n) is 9.50. The number of nitrogens with zero attached hydrogens (tertiary/aromatic N) is 3. The number of thioether (sulfide) groups is 1. The van der Waals surface area contributed by atoms with E-state index in [0.717, 1.165) is 37.3 Å². The fraction of sp³-hybridized carbons (Fsp3) is 0.407. The largest absolute Gasteiger partial charge is 0.325 e. The van der Waals surface area contributed by atoms with Crippen LogP contribution in [0, 0.1) is 5.92 Å². The van der Waals surface area contributed by atoms with E-state index in [1.165, 1.54) is 24.2 Å². The van der Waals surface area contributed by atoms with Crippen molar-refractivity contribution >= 4 is 40.2 Å². The Kier molecular flexibility index (Phi) is 7.27. The van der Waals surface area contributed by atoms with Gasteiger partial charge in [-0.25, -0.2) is 0 Å². The van der Waals surface area contributed by atoms with Gasteiger partial charge in [-0.3, -0.25) is 19.8 Å². The number of carbonyl (C=O) groups excluding carboxylic acids is 3. The third kappa shape index (κ3) is 5.11. The molecule has 2 N–H and O–H groups in total. The van der Waals surface area contributed by atoms with Crippen molar-refractivity contribution in [2.75, 3.05) is 17.6 Å². The predicted octanol–water partition coefficient (Wildman–Crippen LogP) is 3.66. The Morgan fingerprint density at radius 3 is 2.58 bits per heavy atom. The van der Waals surface area contributed by atoms with Gasteiger partial charge in [-0.1, -0.05) is 54.9 Å². The summed E-state index contributed by atoms with van der Waals surface area (Å²) in [5, 5.41) is 8.21. The molecule has 2 aliphatic heterocycles. The molecule has 5 rings (SSSR count). The van der Waals surface area contributed by atoms with E-state index in [1.54, 1.807) is 24.3 Å². The van der Waals surface area contributed by atoms with Gasteiger partial charge in [0, 0.05) is 23.8 Å². The van der Waals surface area contributed by atoms with Crippen molar-refractivity contribution in [2.45, 2.75) is 51.4 Å². The standard InChI is InChI=1S/C27H31N5O3S/c1-18(33)20-11-13-21(14-12-20)28-24(34)17-36-27-30-29-26-31(16-15-19-7-3-2-4-8-19)25(35)22-9-5-6-10-23(22)32(26)27/h2-4,7-8,11-14,22-23,26,29H,5-6,9-10,15-17H2,1H3,(H,28,34). The summed E-state index contributed by atoms with van der Waals surface area (Å²) in [4.78, 5) is 41.7. The molecule has 2 amide bonds. The first-order valence-corrected chi connectivity index (χ1v) is 13.5. The van der Waals surface area contributed by atoms with Crippen molar-refractivity contribution < 1.29 is 14.4 Å². The molecule has 36 heavy (non-hydrogen) atoms. The number of amidine groups is 1. The SMILES string of the molecule is CC(=O)c1ccc(NC(=O)CSC2=NNC3N(CCc4ccccc4)C(=O)C4CCCCC4N23)cc1. The zero-order valence-electron chi connectivity index (χ0n) is 20.4. The van der Waals surface area contributed by atoms with Crippen LogP contribution in [0.25, 0.3) is 0 Å². The van der Waals surface area contributed by atoms with Gasteiger partial charge in [-0.15, -0.1) is 0 Å². The minimum absolute atomic E-state index is 0.0106. The molecule has 2 fully saturated rings. The normalized spacial score (nSPS) is 22.9. The highest BCUT2D eigenvalue weighted by Crippen LogP contribution is 2.38. The van der Waals surface area contributed by atoms with Gasteiger partial charge in [-0.2, -0.15) is 5.10 Å². The molecule has 0 radical (unpaired) electrons. The van der Waals surface area contributed by atoms with Gasteiger partial charge in [-0.05, 0) is 56.0 Å². The number of fused-ring (bicyclic) bond motifs is 3. The molecule has 0 aromatic heterocycles. The highest BCUT2D eigenvalue weighted by molar-refractivity contribution is 8.14. The first-order valence-electron chi connectivity index (χ1n) is 12.5. The van der Waals surface area contributed by atoms with Crippen molar-refractivity contribution in [3.05, 3.63) is 65.7 Å². The van der Waals surface area contributed by atoms with Gasteiger partial charge in [0.2, 0.25) is 11.8 Å². The average molecular weight is 506 g/mol. The van der Waals surface area contributed by atoms with Gasteiger partial charge in [0.25, 0.3) is 0 Å². The maximum atomic E-state index is 13.5. The molecule has 0 spiro atoms. The molecule has 9 heteroatoms. The number of hydrogen-bond acceptors (Lipinski definition) is 7. The first-order chi connectivity index (χ1) is 17.5. The van der Waals surface area contributed by atoms with Crippen molar-refractivity contribution in [3.8, 4) is 0 Å². The number of rotatable bonds is 7. The monoisotopic (exact) mass is 505 g/mol. The van der Waals surface area contributed by atoms with Crippen LogP contribution in [0.2, 0.25) is 0 Å². The Hall–Kier alpha value is -3.33. The lowest BCUT2D eigenvalue weighted by Gasteiger charge is -2.50. The molecule has 3 aliphatic rings. The van der Waals surface area contributed by atoms with Gasteiger partial charge in [0.05, 0.1) is 11.7 Å². The van der Waals surface area contributed by atoms with Crippen LogP contribution in [-0.4, -0.2) is 57.2 Å². The van der Waals surface area contributed by atoms with Crippen LogP contribution < -0.4 is 10.7 Å². The molecule has 0 bridgehead atoms. The van der Waals surface area contributed by atoms with Crippen LogP contribution in [0.4, 0.5) is 5.69 Å². The molecule has 3 atom stereocenters. The van der Waals surface area contributed by atoms with E-state index in [9.17, 15) is 14.4 Å². The molecular weight excluding hydrogens is 474 g/mol. The van der Waals surface area contributed by atoms with Crippen molar-refractivity contribution in [3.63, 3.8) is 0 Å². The second kappa shape index (κ2) is 10.7. The molecule has 2 heterocycles. The number of ketones is 1. The third-order valence-electron chi connectivity index (χ3n) is 7.13. The molecule has 188 valence electrons. The van der Waals surface area contributed by atoms with E-state index in [4.69, 9.17) is 0 Å². The van der Waals surface area contributed by atoms with Crippen molar-refractivity contribution in [1.82, 2.24) is 15.2 Å². The summed E-state index contributed by atoms with van der Waals surface area (Å²) in [5.74, 6) is 0.218. The number of Topliss-reactive ketones (excluding diaryl/α,β-unsaturated/α-hetero) is 1. The molecule has 8 nitrogen and oxygen atoms in total. The molecule has 1 saturated heterocycles. The highest BCUT2D eigenvalue weighted by Gasteiger charge is 2.50. The predicted molar refractivity (Wildman–Crippen MR) is 141 cm³/mol. The van der Waals surface area contributed by atoms with Gasteiger partial charge < -0.3 is 15.1 Å². The summed E-state index contributed by atoms with van der Waals surface area (Å²) < 4.78 is 0. The van der Waals surface area contributed by atoms with Gasteiger partial charge >= 0.3 is 0 Å². The fourth-order valence-corrected chi connectivity index (χ4v) is 6.13. The molecule has 2 aromatic rings. The van der Waals surface area contributed by atoms with Crippen LogP contribution in [0.15, 0.2) is 59.7 Å². The van der Waals surface area contributed by atoms with Crippen molar-refractivity contribution in [1.29, 1.82) is 0 Å². The Morgan fingerprint density at radius 2 is 1.83 bits per heavy atom. The lowest BCUT2D eigenvalue weighted by molar-refractivity contribution is -0.155. The smallest absolute Gasteiger partial charge is 0.234 e. The first kappa shape index (κ1) is 24.4. The Balaban J connectivity index is 1.24. The Labute approximate surface area is 215 Å². The molecule has 1 saturated carbocycles. The summed E-state index contributed by atoms with van der Waals surface area (Å²) in [6, 6.07) is 17.2. The van der Waals surface area contributed by atoms with E-state index in [2.05, 4.69) is 32.9 Å². The van der Waals surface area contributed by atoms with E-state index in [1.807, 2.05) is 23.1 Å². The van der Waals surface area contributed by atoms with Crippen LogP contribution in [0.5, 0.6) is 0 Å². The van der Waals surface area contributed by atoms with E-state index in [-0.39, 0.29) is 41.6 Å². The van der Waals surface area contributed by atoms with Gasteiger partial charge in [0.15, 0.2) is 17.2 Å². The summed E-state index contributed by atoms with van der Waals surface area (Å²) >= 11 is 1.39. The summed E-state index contributed by atoms with van der Waals surface area (Å²) in [6.45, 7) is 2.13. The van der Waals surface area contributed by atoms with E-state index >= 15 is 0 Å². The lowest BCUT2D eigenvalue weighted by atomic mass is 9.81.